The second kappa shape index (κ2) is 5.92. The predicted molar refractivity (Wildman–Crippen MR) is 75.2 cm³/mol. The number of hydrogen-bond acceptors (Lipinski definition) is 6. The molecule has 0 radical (unpaired) electrons. The summed E-state index contributed by atoms with van der Waals surface area (Å²) in [6, 6.07) is 7.80. The van der Waals surface area contributed by atoms with Crippen molar-refractivity contribution in [2.45, 2.75) is 10.6 Å². The number of aromatic nitrogens is 3. The summed E-state index contributed by atoms with van der Waals surface area (Å²) in [6.07, 6.45) is 2.84. The van der Waals surface area contributed by atoms with Crippen LogP contribution in [-0.4, -0.2) is 20.2 Å². The summed E-state index contributed by atoms with van der Waals surface area (Å²) in [4.78, 5) is 8.86. The van der Waals surface area contributed by atoms with Crippen LogP contribution in [0.3, 0.4) is 0 Å². The van der Waals surface area contributed by atoms with E-state index in [1.165, 1.54) is 42.4 Å². The third-order valence-electron chi connectivity index (χ3n) is 2.60. The Balaban J connectivity index is 1.71. The van der Waals surface area contributed by atoms with E-state index in [1.807, 2.05) is 6.07 Å². The molecule has 5 nitrogen and oxygen atoms in total. The van der Waals surface area contributed by atoms with Gasteiger partial charge in [-0.15, -0.1) is 11.8 Å². The number of benzene rings is 1. The highest BCUT2D eigenvalue weighted by atomic mass is 32.2. The molecule has 7 heteroatoms. The van der Waals surface area contributed by atoms with Crippen molar-refractivity contribution in [3.05, 3.63) is 54.4 Å². The minimum atomic E-state index is -0.278. The number of rotatable bonds is 4. The highest BCUT2D eigenvalue weighted by Crippen LogP contribution is 2.24. The fourth-order valence-corrected chi connectivity index (χ4v) is 2.46. The molecule has 0 spiro atoms. The van der Waals surface area contributed by atoms with E-state index in [4.69, 9.17) is 4.52 Å². The van der Waals surface area contributed by atoms with Crippen molar-refractivity contribution in [2.75, 3.05) is 0 Å². The Kier molecular flexibility index (Phi) is 3.83. The van der Waals surface area contributed by atoms with Crippen LogP contribution in [0.5, 0.6) is 5.75 Å². The van der Waals surface area contributed by atoms with E-state index >= 15 is 0 Å². The molecule has 2 heterocycles. The van der Waals surface area contributed by atoms with Gasteiger partial charge in [-0.3, -0.25) is 4.98 Å². The maximum absolute atomic E-state index is 13.1. The lowest BCUT2D eigenvalue weighted by Gasteiger charge is -1.97. The SMILES string of the molecule is Oc1cncc(-c2nc(CSc3cccc(F)c3)no2)c1. The first kappa shape index (κ1) is 13.6. The second-order valence-electron chi connectivity index (χ2n) is 4.19. The zero-order valence-corrected chi connectivity index (χ0v) is 11.5. The Morgan fingerprint density at radius 2 is 2.14 bits per heavy atom. The summed E-state index contributed by atoms with van der Waals surface area (Å²) in [5.41, 5.74) is 0.546. The van der Waals surface area contributed by atoms with E-state index in [0.717, 1.165) is 4.90 Å². The van der Waals surface area contributed by atoms with Crippen molar-refractivity contribution >= 4 is 11.8 Å². The van der Waals surface area contributed by atoms with Crippen molar-refractivity contribution < 1.29 is 14.0 Å². The van der Waals surface area contributed by atoms with Crippen molar-refractivity contribution in [3.8, 4) is 17.2 Å². The molecule has 1 aromatic carbocycles. The average Bonchev–Trinajstić information content (AvgIpc) is 2.94. The number of nitrogens with zero attached hydrogens (tertiary/aromatic N) is 3. The summed E-state index contributed by atoms with van der Waals surface area (Å²) in [5.74, 6) is 0.982. The van der Waals surface area contributed by atoms with Gasteiger partial charge in [0, 0.05) is 11.1 Å². The van der Waals surface area contributed by atoms with Gasteiger partial charge in [0.15, 0.2) is 5.82 Å². The normalized spacial score (nSPS) is 10.7. The average molecular weight is 303 g/mol. The lowest BCUT2D eigenvalue weighted by atomic mass is 10.3. The number of pyridine rings is 1. The van der Waals surface area contributed by atoms with Crippen LogP contribution < -0.4 is 0 Å². The summed E-state index contributed by atoms with van der Waals surface area (Å²) in [7, 11) is 0. The lowest BCUT2D eigenvalue weighted by Crippen LogP contribution is -1.85. The smallest absolute Gasteiger partial charge is 0.259 e. The van der Waals surface area contributed by atoms with Gasteiger partial charge < -0.3 is 9.63 Å². The molecule has 0 atom stereocenters. The standard InChI is InChI=1S/C14H10FN3O2S/c15-10-2-1-3-12(5-10)21-8-13-17-14(20-18-13)9-4-11(19)7-16-6-9/h1-7,19H,8H2. The minimum Gasteiger partial charge on any atom is -0.506 e. The Morgan fingerprint density at radius 3 is 2.95 bits per heavy atom. The maximum Gasteiger partial charge on any atom is 0.259 e. The molecule has 0 amide bonds. The van der Waals surface area contributed by atoms with Gasteiger partial charge in [0.2, 0.25) is 0 Å². The summed E-state index contributed by atoms with van der Waals surface area (Å²) in [6.45, 7) is 0. The van der Waals surface area contributed by atoms with Crippen molar-refractivity contribution in [1.29, 1.82) is 0 Å². The molecular formula is C14H10FN3O2S. The summed E-state index contributed by atoms with van der Waals surface area (Å²) >= 11 is 1.41. The molecule has 0 aliphatic heterocycles. The first-order chi connectivity index (χ1) is 10.2. The van der Waals surface area contributed by atoms with Gasteiger partial charge in [-0.1, -0.05) is 11.2 Å². The van der Waals surface area contributed by atoms with Crippen LogP contribution in [0.1, 0.15) is 5.82 Å². The Labute approximate surface area is 123 Å². The van der Waals surface area contributed by atoms with E-state index in [0.29, 0.717) is 17.1 Å². The molecule has 106 valence electrons. The van der Waals surface area contributed by atoms with Crippen LogP contribution in [0.25, 0.3) is 11.5 Å². The van der Waals surface area contributed by atoms with Gasteiger partial charge in [0.25, 0.3) is 5.89 Å². The third-order valence-corrected chi connectivity index (χ3v) is 3.59. The van der Waals surface area contributed by atoms with Gasteiger partial charge in [0.05, 0.1) is 17.5 Å². The Hall–Kier alpha value is -2.41. The topological polar surface area (TPSA) is 72.0 Å². The largest absolute Gasteiger partial charge is 0.506 e. The molecule has 3 aromatic rings. The van der Waals surface area contributed by atoms with Gasteiger partial charge in [-0.25, -0.2) is 4.39 Å². The maximum atomic E-state index is 13.1. The third kappa shape index (κ3) is 3.38. The number of hydrogen-bond donors (Lipinski definition) is 1. The first-order valence-corrected chi connectivity index (χ1v) is 7.04. The zero-order chi connectivity index (χ0) is 14.7. The van der Waals surface area contributed by atoms with Crippen LogP contribution >= 0.6 is 11.8 Å². The van der Waals surface area contributed by atoms with Crippen molar-refractivity contribution in [3.63, 3.8) is 0 Å². The van der Waals surface area contributed by atoms with Crippen LogP contribution in [-0.2, 0) is 5.75 Å². The Bertz CT molecular complexity index is 763. The van der Waals surface area contributed by atoms with Gasteiger partial charge in [-0.2, -0.15) is 4.98 Å². The molecule has 0 unspecified atom stereocenters. The van der Waals surface area contributed by atoms with E-state index in [9.17, 15) is 9.50 Å². The highest BCUT2D eigenvalue weighted by Gasteiger charge is 2.10. The van der Waals surface area contributed by atoms with Gasteiger partial charge in [0.1, 0.15) is 11.6 Å². The molecule has 0 saturated heterocycles. The molecule has 0 saturated carbocycles. The number of halogens is 1. The second-order valence-corrected chi connectivity index (χ2v) is 5.24. The van der Waals surface area contributed by atoms with E-state index in [-0.39, 0.29) is 17.5 Å². The first-order valence-electron chi connectivity index (χ1n) is 6.06. The van der Waals surface area contributed by atoms with Crippen LogP contribution in [0.2, 0.25) is 0 Å². The minimum absolute atomic E-state index is 0.0291. The molecule has 3 rings (SSSR count). The summed E-state index contributed by atoms with van der Waals surface area (Å²) < 4.78 is 18.2. The Morgan fingerprint density at radius 1 is 1.24 bits per heavy atom. The molecular weight excluding hydrogens is 293 g/mol. The molecule has 0 fully saturated rings. The molecule has 0 aliphatic carbocycles. The molecule has 0 bridgehead atoms. The van der Waals surface area contributed by atoms with E-state index in [1.54, 1.807) is 6.07 Å². The zero-order valence-electron chi connectivity index (χ0n) is 10.7. The molecule has 1 N–H and O–H groups in total. The quantitative estimate of drug-likeness (QED) is 0.746. The van der Waals surface area contributed by atoms with E-state index in [2.05, 4.69) is 15.1 Å². The van der Waals surface area contributed by atoms with Crippen LogP contribution in [0.15, 0.2) is 52.1 Å². The van der Waals surface area contributed by atoms with Crippen molar-refractivity contribution in [2.24, 2.45) is 0 Å². The monoisotopic (exact) mass is 303 g/mol. The molecule has 0 aliphatic rings. The number of aromatic hydroxyl groups is 1. The van der Waals surface area contributed by atoms with Crippen LogP contribution in [0.4, 0.5) is 4.39 Å². The van der Waals surface area contributed by atoms with Gasteiger partial charge >= 0.3 is 0 Å². The van der Waals surface area contributed by atoms with Gasteiger partial charge in [-0.05, 0) is 24.3 Å². The van der Waals surface area contributed by atoms with Crippen molar-refractivity contribution in [1.82, 2.24) is 15.1 Å². The molecule has 21 heavy (non-hydrogen) atoms. The number of thioether (sulfide) groups is 1. The highest BCUT2D eigenvalue weighted by molar-refractivity contribution is 7.98. The lowest BCUT2D eigenvalue weighted by molar-refractivity contribution is 0.424. The summed E-state index contributed by atoms with van der Waals surface area (Å²) in [5, 5.41) is 13.2. The predicted octanol–water partition coefficient (Wildman–Crippen LogP) is 3.27. The van der Waals surface area contributed by atoms with Crippen LogP contribution in [0, 0.1) is 5.82 Å². The fraction of sp³-hybridized carbons (Fsp3) is 0.0714. The van der Waals surface area contributed by atoms with E-state index < -0.39 is 0 Å². The fourth-order valence-electron chi connectivity index (χ4n) is 1.68. The molecule has 2 aromatic heterocycles.